The number of hydrogen-bond donors (Lipinski definition) is 2. The Hall–Kier alpha value is -1.27. The Kier molecular flexibility index (Phi) is 5.98. The molecule has 0 aliphatic carbocycles. The third kappa shape index (κ3) is 8.53. The van der Waals surface area contributed by atoms with Crippen LogP contribution in [0.2, 0.25) is 0 Å². The average molecular weight is 255 g/mol. The van der Waals surface area contributed by atoms with Crippen LogP contribution in [0.3, 0.4) is 0 Å². The lowest BCUT2D eigenvalue weighted by Gasteiger charge is -2.16. The number of amides is 1. The maximum absolute atomic E-state index is 11.8. The predicted octanol–water partition coefficient (Wildman–Crippen LogP) is 1.94. The van der Waals surface area contributed by atoms with Gasteiger partial charge in [0.25, 0.3) is 0 Å². The Balaban J connectivity index is 4.18. The fraction of sp³-hybridized carbons (Fsp3) is 0.800. The number of alkyl halides is 3. The van der Waals surface area contributed by atoms with Crippen molar-refractivity contribution in [2.75, 3.05) is 0 Å². The molecule has 0 aromatic carbocycles. The van der Waals surface area contributed by atoms with Crippen LogP contribution >= 0.6 is 0 Å². The summed E-state index contributed by atoms with van der Waals surface area (Å²) in [5.41, 5.74) is 0. The summed E-state index contributed by atoms with van der Waals surface area (Å²) in [5.74, 6) is -2.10. The van der Waals surface area contributed by atoms with Crippen LogP contribution in [-0.4, -0.2) is 29.2 Å². The molecule has 0 aromatic rings. The van der Waals surface area contributed by atoms with Gasteiger partial charge < -0.3 is 10.4 Å². The Bertz CT molecular complexity index is 276. The van der Waals surface area contributed by atoms with E-state index in [4.69, 9.17) is 5.11 Å². The second-order valence-electron chi connectivity index (χ2n) is 4.20. The average Bonchev–Trinajstić information content (AvgIpc) is 2.11. The first-order valence-corrected chi connectivity index (χ1v) is 5.20. The van der Waals surface area contributed by atoms with Crippen LogP contribution in [0, 0.1) is 5.92 Å². The van der Waals surface area contributed by atoms with Crippen molar-refractivity contribution in [3.63, 3.8) is 0 Å². The molecule has 0 heterocycles. The van der Waals surface area contributed by atoms with E-state index in [1.807, 2.05) is 0 Å². The lowest BCUT2D eigenvalue weighted by Crippen LogP contribution is -2.41. The van der Waals surface area contributed by atoms with Crippen molar-refractivity contribution in [1.82, 2.24) is 5.32 Å². The molecule has 2 N–H and O–H groups in total. The van der Waals surface area contributed by atoms with Gasteiger partial charge in [-0.15, -0.1) is 0 Å². The van der Waals surface area contributed by atoms with Crippen molar-refractivity contribution in [3.05, 3.63) is 0 Å². The van der Waals surface area contributed by atoms with Crippen LogP contribution in [0.25, 0.3) is 0 Å². The molecule has 0 bridgehead atoms. The summed E-state index contributed by atoms with van der Waals surface area (Å²) < 4.78 is 35.5. The molecule has 1 atom stereocenters. The van der Waals surface area contributed by atoms with Crippen LogP contribution in [0.15, 0.2) is 0 Å². The molecule has 17 heavy (non-hydrogen) atoms. The fourth-order valence-electron chi connectivity index (χ4n) is 1.21. The SMILES string of the molecule is CC(C)CC(NC(=O)CCC(F)(F)F)C(=O)O. The van der Waals surface area contributed by atoms with E-state index < -0.39 is 36.9 Å². The molecule has 0 aliphatic rings. The Morgan fingerprint density at radius 1 is 1.29 bits per heavy atom. The first kappa shape index (κ1) is 15.7. The zero-order chi connectivity index (χ0) is 13.6. The fourth-order valence-corrected chi connectivity index (χ4v) is 1.21. The number of carboxylic acid groups (broad SMARTS) is 1. The highest BCUT2D eigenvalue weighted by Crippen LogP contribution is 2.21. The number of aliphatic carboxylic acids is 1. The van der Waals surface area contributed by atoms with E-state index in [2.05, 4.69) is 5.32 Å². The predicted molar refractivity (Wildman–Crippen MR) is 54.3 cm³/mol. The lowest BCUT2D eigenvalue weighted by atomic mass is 10.0. The minimum atomic E-state index is -4.41. The highest BCUT2D eigenvalue weighted by atomic mass is 19.4. The number of rotatable bonds is 6. The molecule has 1 unspecified atom stereocenters. The molecule has 0 aliphatic heterocycles. The number of hydrogen-bond acceptors (Lipinski definition) is 2. The van der Waals surface area contributed by atoms with Crippen LogP contribution in [0.1, 0.15) is 33.1 Å². The molecule has 0 saturated heterocycles. The van der Waals surface area contributed by atoms with Gasteiger partial charge in [0.05, 0.1) is 6.42 Å². The van der Waals surface area contributed by atoms with E-state index in [0.29, 0.717) is 0 Å². The van der Waals surface area contributed by atoms with Crippen LogP contribution in [0.4, 0.5) is 13.2 Å². The molecule has 1 amide bonds. The molecule has 4 nitrogen and oxygen atoms in total. The van der Waals surface area contributed by atoms with Gasteiger partial charge in [0.1, 0.15) is 6.04 Å². The Morgan fingerprint density at radius 3 is 2.18 bits per heavy atom. The summed E-state index contributed by atoms with van der Waals surface area (Å²) in [4.78, 5) is 21.8. The van der Waals surface area contributed by atoms with Gasteiger partial charge in [-0.05, 0) is 12.3 Å². The van der Waals surface area contributed by atoms with Gasteiger partial charge in [-0.1, -0.05) is 13.8 Å². The molecule has 0 rings (SSSR count). The maximum atomic E-state index is 11.8. The van der Waals surface area contributed by atoms with E-state index in [1.54, 1.807) is 13.8 Å². The van der Waals surface area contributed by atoms with Gasteiger partial charge in [0.2, 0.25) is 5.91 Å². The van der Waals surface area contributed by atoms with E-state index in [9.17, 15) is 22.8 Å². The van der Waals surface area contributed by atoms with Crippen molar-refractivity contribution < 1.29 is 27.9 Å². The third-order valence-electron chi connectivity index (χ3n) is 1.98. The largest absolute Gasteiger partial charge is 0.480 e. The summed E-state index contributed by atoms with van der Waals surface area (Å²) in [6, 6.07) is -1.13. The molecule has 0 aromatic heterocycles. The molecule has 0 radical (unpaired) electrons. The zero-order valence-corrected chi connectivity index (χ0v) is 9.67. The van der Waals surface area contributed by atoms with Crippen LogP contribution in [0.5, 0.6) is 0 Å². The van der Waals surface area contributed by atoms with E-state index in [0.717, 1.165) is 0 Å². The summed E-state index contributed by atoms with van der Waals surface area (Å²) >= 11 is 0. The second kappa shape index (κ2) is 6.46. The van der Waals surface area contributed by atoms with E-state index in [1.165, 1.54) is 0 Å². The van der Waals surface area contributed by atoms with Crippen molar-refractivity contribution in [2.45, 2.75) is 45.3 Å². The van der Waals surface area contributed by atoms with Crippen LogP contribution in [-0.2, 0) is 9.59 Å². The lowest BCUT2D eigenvalue weighted by molar-refractivity contribution is -0.147. The molecular weight excluding hydrogens is 239 g/mol. The summed E-state index contributed by atoms with van der Waals surface area (Å²) in [6.45, 7) is 3.52. The molecule has 0 spiro atoms. The summed E-state index contributed by atoms with van der Waals surface area (Å²) in [6.07, 6.45) is -6.21. The highest BCUT2D eigenvalue weighted by Gasteiger charge is 2.29. The molecule has 7 heteroatoms. The topological polar surface area (TPSA) is 66.4 Å². The quantitative estimate of drug-likeness (QED) is 0.762. The monoisotopic (exact) mass is 255 g/mol. The van der Waals surface area contributed by atoms with Crippen molar-refractivity contribution >= 4 is 11.9 Å². The van der Waals surface area contributed by atoms with Crippen molar-refractivity contribution in [3.8, 4) is 0 Å². The van der Waals surface area contributed by atoms with E-state index in [-0.39, 0.29) is 12.3 Å². The molecule has 0 saturated carbocycles. The molecular formula is C10H16F3NO3. The number of halogens is 3. The van der Waals surface area contributed by atoms with Gasteiger partial charge in [-0.25, -0.2) is 4.79 Å². The van der Waals surface area contributed by atoms with Crippen molar-refractivity contribution in [2.24, 2.45) is 5.92 Å². The number of nitrogens with one attached hydrogen (secondary N) is 1. The second-order valence-corrected chi connectivity index (χ2v) is 4.20. The minimum Gasteiger partial charge on any atom is -0.480 e. The summed E-state index contributed by atoms with van der Waals surface area (Å²) in [7, 11) is 0. The first-order chi connectivity index (χ1) is 7.61. The Labute approximate surface area is 97.2 Å². The number of carbonyl (C=O) groups is 2. The van der Waals surface area contributed by atoms with Crippen LogP contribution < -0.4 is 5.32 Å². The minimum absolute atomic E-state index is 0.0269. The highest BCUT2D eigenvalue weighted by molar-refractivity contribution is 5.83. The summed E-state index contributed by atoms with van der Waals surface area (Å²) in [5, 5.41) is 10.8. The van der Waals surface area contributed by atoms with Crippen molar-refractivity contribution in [1.29, 1.82) is 0 Å². The first-order valence-electron chi connectivity index (χ1n) is 5.20. The smallest absolute Gasteiger partial charge is 0.389 e. The molecule has 100 valence electrons. The third-order valence-corrected chi connectivity index (χ3v) is 1.98. The normalized spacial score (nSPS) is 13.5. The van der Waals surface area contributed by atoms with Gasteiger partial charge >= 0.3 is 12.1 Å². The number of carbonyl (C=O) groups excluding carboxylic acids is 1. The van der Waals surface area contributed by atoms with E-state index >= 15 is 0 Å². The van der Waals surface area contributed by atoms with Gasteiger partial charge in [-0.2, -0.15) is 13.2 Å². The van der Waals surface area contributed by atoms with Gasteiger partial charge in [0, 0.05) is 6.42 Å². The van der Waals surface area contributed by atoms with Gasteiger partial charge in [0.15, 0.2) is 0 Å². The molecule has 0 fully saturated rings. The van der Waals surface area contributed by atoms with Gasteiger partial charge in [-0.3, -0.25) is 4.79 Å². The standard InChI is InChI=1S/C10H16F3NO3/c1-6(2)5-7(9(16)17)14-8(15)3-4-10(11,12)13/h6-7H,3-5H2,1-2H3,(H,14,15)(H,16,17). The number of carboxylic acids is 1. The maximum Gasteiger partial charge on any atom is 0.389 e. The zero-order valence-electron chi connectivity index (χ0n) is 9.67. The Morgan fingerprint density at radius 2 is 1.82 bits per heavy atom.